The summed E-state index contributed by atoms with van der Waals surface area (Å²) in [5, 5.41) is 17.6. The van der Waals surface area contributed by atoms with Gasteiger partial charge in [-0.25, -0.2) is 4.98 Å². The molecule has 90 valence electrons. The zero-order valence-electron chi connectivity index (χ0n) is 9.48. The first-order valence-electron chi connectivity index (χ1n) is 5.22. The molecule has 3 rings (SSSR count). The summed E-state index contributed by atoms with van der Waals surface area (Å²) in [6, 6.07) is 4.90. The van der Waals surface area contributed by atoms with Crippen molar-refractivity contribution >= 4 is 0 Å². The monoisotopic (exact) mass is 243 g/mol. The third kappa shape index (κ3) is 1.71. The highest BCUT2D eigenvalue weighted by molar-refractivity contribution is 5.59. The maximum absolute atomic E-state index is 9.64. The zero-order chi connectivity index (χ0) is 12.5. The van der Waals surface area contributed by atoms with Gasteiger partial charge < -0.3 is 9.63 Å². The van der Waals surface area contributed by atoms with E-state index in [1.54, 1.807) is 36.3 Å². The molecule has 0 saturated carbocycles. The number of hydrogen-bond donors (Lipinski definition) is 1. The quantitative estimate of drug-likeness (QED) is 0.728. The lowest BCUT2D eigenvalue weighted by Gasteiger charge is -1.95. The van der Waals surface area contributed by atoms with E-state index in [2.05, 4.69) is 20.2 Å². The van der Waals surface area contributed by atoms with Crippen molar-refractivity contribution < 1.29 is 9.63 Å². The van der Waals surface area contributed by atoms with Crippen molar-refractivity contribution in [3.63, 3.8) is 0 Å². The Bertz CT molecular complexity index is 688. The number of aromatic hydroxyl groups is 1. The molecule has 3 aromatic rings. The van der Waals surface area contributed by atoms with E-state index in [9.17, 15) is 5.11 Å². The van der Waals surface area contributed by atoms with E-state index in [4.69, 9.17) is 4.52 Å². The second-order valence-electron chi connectivity index (χ2n) is 3.67. The van der Waals surface area contributed by atoms with Crippen LogP contribution >= 0.6 is 0 Å². The van der Waals surface area contributed by atoms with Crippen molar-refractivity contribution in [1.82, 2.24) is 24.9 Å². The largest absolute Gasteiger partial charge is 0.505 e. The second-order valence-corrected chi connectivity index (χ2v) is 3.67. The van der Waals surface area contributed by atoms with Crippen LogP contribution in [-0.4, -0.2) is 30.0 Å². The lowest BCUT2D eigenvalue weighted by molar-refractivity contribution is 0.423. The third-order valence-electron chi connectivity index (χ3n) is 2.36. The standard InChI is InChI=1S/C11H9N5O2/c1-16-6-4-7(14-16)10-13-11(18-15-10)9-8(17)3-2-5-12-9/h2-6,17H,1H3. The van der Waals surface area contributed by atoms with Gasteiger partial charge in [-0.2, -0.15) is 10.1 Å². The van der Waals surface area contributed by atoms with Crippen LogP contribution in [0.15, 0.2) is 35.1 Å². The Morgan fingerprint density at radius 2 is 2.22 bits per heavy atom. The Balaban J connectivity index is 2.02. The highest BCUT2D eigenvalue weighted by Crippen LogP contribution is 2.26. The van der Waals surface area contributed by atoms with Crippen LogP contribution < -0.4 is 0 Å². The predicted octanol–water partition coefficient (Wildman–Crippen LogP) is 1.24. The average molecular weight is 243 g/mol. The highest BCUT2D eigenvalue weighted by atomic mass is 16.5. The molecule has 1 N–H and O–H groups in total. The Labute approximate surface area is 102 Å². The fourth-order valence-electron chi connectivity index (χ4n) is 1.52. The van der Waals surface area contributed by atoms with Gasteiger partial charge in [0.15, 0.2) is 5.69 Å². The summed E-state index contributed by atoms with van der Waals surface area (Å²) in [6.07, 6.45) is 3.32. The number of aromatic nitrogens is 5. The molecule has 0 aliphatic heterocycles. The minimum atomic E-state index is -0.00581. The topological polar surface area (TPSA) is 89.9 Å². The molecule has 0 spiro atoms. The van der Waals surface area contributed by atoms with Crippen LogP contribution in [-0.2, 0) is 7.05 Å². The van der Waals surface area contributed by atoms with Gasteiger partial charge in [0.1, 0.15) is 11.4 Å². The summed E-state index contributed by atoms with van der Waals surface area (Å²) in [5.74, 6) is 0.512. The van der Waals surface area contributed by atoms with E-state index in [-0.39, 0.29) is 17.3 Å². The van der Waals surface area contributed by atoms with Gasteiger partial charge in [0.05, 0.1) is 0 Å². The summed E-state index contributed by atoms with van der Waals surface area (Å²) in [7, 11) is 1.80. The number of hydrogen-bond acceptors (Lipinski definition) is 6. The summed E-state index contributed by atoms with van der Waals surface area (Å²) >= 11 is 0. The number of pyridine rings is 1. The number of aryl methyl sites for hydroxylation is 1. The highest BCUT2D eigenvalue weighted by Gasteiger charge is 2.15. The molecule has 0 saturated heterocycles. The molecule has 0 aliphatic rings. The molecule has 7 heteroatoms. The molecule has 0 unspecified atom stereocenters. The maximum atomic E-state index is 9.64. The molecule has 0 radical (unpaired) electrons. The first-order chi connectivity index (χ1) is 8.74. The lowest BCUT2D eigenvalue weighted by atomic mass is 10.3. The summed E-state index contributed by atoms with van der Waals surface area (Å²) in [4.78, 5) is 8.14. The Morgan fingerprint density at radius 1 is 1.33 bits per heavy atom. The fourth-order valence-corrected chi connectivity index (χ4v) is 1.52. The summed E-state index contributed by atoms with van der Waals surface area (Å²) in [5.41, 5.74) is 0.857. The van der Waals surface area contributed by atoms with Crippen molar-refractivity contribution in [3.8, 4) is 28.9 Å². The van der Waals surface area contributed by atoms with E-state index in [1.807, 2.05) is 0 Å². The molecule has 3 heterocycles. The molecular formula is C11H9N5O2. The van der Waals surface area contributed by atoms with Crippen LogP contribution in [0, 0.1) is 0 Å². The number of rotatable bonds is 2. The van der Waals surface area contributed by atoms with Crippen LogP contribution in [0.3, 0.4) is 0 Å². The molecule has 18 heavy (non-hydrogen) atoms. The van der Waals surface area contributed by atoms with E-state index < -0.39 is 0 Å². The molecule has 0 fully saturated rings. The van der Waals surface area contributed by atoms with Crippen molar-refractivity contribution in [3.05, 3.63) is 30.6 Å². The molecule has 0 amide bonds. The average Bonchev–Trinajstić information content (AvgIpc) is 2.98. The first-order valence-corrected chi connectivity index (χ1v) is 5.22. The van der Waals surface area contributed by atoms with E-state index in [1.165, 1.54) is 6.07 Å². The Hall–Kier alpha value is -2.70. The SMILES string of the molecule is Cn1ccc(-c2noc(-c3ncccc3O)n2)n1. The molecule has 0 atom stereocenters. The Morgan fingerprint density at radius 3 is 2.94 bits per heavy atom. The van der Waals surface area contributed by atoms with Crippen LogP contribution in [0.4, 0.5) is 0 Å². The van der Waals surface area contributed by atoms with Gasteiger partial charge in [-0.1, -0.05) is 5.16 Å². The van der Waals surface area contributed by atoms with Crippen LogP contribution in [0.5, 0.6) is 5.75 Å². The molecule has 0 aromatic carbocycles. The van der Waals surface area contributed by atoms with Gasteiger partial charge in [-0.05, 0) is 18.2 Å². The van der Waals surface area contributed by atoms with Crippen molar-refractivity contribution in [1.29, 1.82) is 0 Å². The summed E-state index contributed by atoms with van der Waals surface area (Å²) < 4.78 is 6.70. The molecule has 3 aromatic heterocycles. The predicted molar refractivity (Wildman–Crippen MR) is 61.4 cm³/mol. The van der Waals surface area contributed by atoms with Crippen LogP contribution in [0.2, 0.25) is 0 Å². The maximum Gasteiger partial charge on any atom is 0.280 e. The first kappa shape index (κ1) is 10.5. The van der Waals surface area contributed by atoms with Gasteiger partial charge in [-0.15, -0.1) is 0 Å². The molecule has 0 bridgehead atoms. The minimum Gasteiger partial charge on any atom is -0.505 e. The zero-order valence-corrected chi connectivity index (χ0v) is 9.48. The van der Waals surface area contributed by atoms with Gasteiger partial charge in [-0.3, -0.25) is 4.68 Å². The molecule has 7 nitrogen and oxygen atoms in total. The summed E-state index contributed by atoms with van der Waals surface area (Å²) in [6.45, 7) is 0. The smallest absolute Gasteiger partial charge is 0.280 e. The van der Waals surface area contributed by atoms with E-state index >= 15 is 0 Å². The normalized spacial score (nSPS) is 10.7. The fraction of sp³-hybridized carbons (Fsp3) is 0.0909. The van der Waals surface area contributed by atoms with Crippen molar-refractivity contribution in [2.75, 3.05) is 0 Å². The van der Waals surface area contributed by atoms with E-state index in [0.29, 0.717) is 11.5 Å². The van der Waals surface area contributed by atoms with E-state index in [0.717, 1.165) is 0 Å². The Kier molecular flexibility index (Phi) is 2.30. The van der Waals surface area contributed by atoms with Gasteiger partial charge in [0.2, 0.25) is 5.82 Å². The van der Waals surface area contributed by atoms with Crippen LogP contribution in [0.1, 0.15) is 0 Å². The van der Waals surface area contributed by atoms with Gasteiger partial charge >= 0.3 is 0 Å². The van der Waals surface area contributed by atoms with Gasteiger partial charge in [0, 0.05) is 19.4 Å². The van der Waals surface area contributed by atoms with Crippen molar-refractivity contribution in [2.45, 2.75) is 0 Å². The third-order valence-corrected chi connectivity index (χ3v) is 2.36. The molecular weight excluding hydrogens is 234 g/mol. The van der Waals surface area contributed by atoms with Crippen molar-refractivity contribution in [2.24, 2.45) is 7.05 Å². The lowest BCUT2D eigenvalue weighted by Crippen LogP contribution is -1.89. The minimum absolute atomic E-state index is 0.00581. The second kappa shape index (κ2) is 3.95. The van der Waals surface area contributed by atoms with Crippen LogP contribution in [0.25, 0.3) is 23.1 Å². The number of nitrogens with zero attached hydrogens (tertiary/aromatic N) is 5. The van der Waals surface area contributed by atoms with Gasteiger partial charge in [0.25, 0.3) is 5.89 Å². The molecule has 0 aliphatic carbocycles.